The lowest BCUT2D eigenvalue weighted by atomic mass is 9.86. The molecule has 1 aliphatic carbocycles. The second-order valence-corrected chi connectivity index (χ2v) is 9.24. The molecule has 0 saturated carbocycles. The number of carbonyl (C=O) groups is 3. The smallest absolute Gasteiger partial charge is 0.454 e. The molecule has 1 aromatic heterocycles. The van der Waals surface area contributed by atoms with Crippen molar-refractivity contribution < 1.29 is 28.6 Å². The number of carbonyl (C=O) groups excluding carboxylic acids is 3. The Labute approximate surface area is 211 Å². The van der Waals surface area contributed by atoms with E-state index < -0.39 is 12.9 Å². The topological polar surface area (TPSA) is 105 Å². The van der Waals surface area contributed by atoms with Gasteiger partial charge in [-0.25, -0.2) is 14.8 Å². The molecule has 0 N–H and O–H groups in total. The summed E-state index contributed by atoms with van der Waals surface area (Å²) in [7, 11) is 0. The van der Waals surface area contributed by atoms with Crippen molar-refractivity contribution >= 4 is 71.6 Å². The van der Waals surface area contributed by atoms with E-state index in [1.165, 1.54) is 6.92 Å². The predicted octanol–water partition coefficient (Wildman–Crippen LogP) is 5.60. The highest BCUT2D eigenvalue weighted by Crippen LogP contribution is 2.37. The highest BCUT2D eigenvalue weighted by molar-refractivity contribution is 9.11. The van der Waals surface area contributed by atoms with Gasteiger partial charge in [0.25, 0.3) is 0 Å². The van der Waals surface area contributed by atoms with Gasteiger partial charge in [0.05, 0.1) is 15.5 Å². The molecule has 174 valence electrons. The molecule has 10 heteroatoms. The van der Waals surface area contributed by atoms with Gasteiger partial charge in [0.2, 0.25) is 6.79 Å². The molecule has 0 atom stereocenters. The van der Waals surface area contributed by atoms with E-state index in [1.807, 2.05) is 24.3 Å². The molecule has 0 unspecified atom stereocenters. The monoisotopic (exact) mass is 588 g/mol. The van der Waals surface area contributed by atoms with Gasteiger partial charge >= 0.3 is 6.16 Å². The van der Waals surface area contributed by atoms with Crippen LogP contribution in [0.2, 0.25) is 0 Å². The fourth-order valence-electron chi connectivity index (χ4n) is 3.46. The van der Waals surface area contributed by atoms with Crippen LogP contribution in [0.1, 0.15) is 20.8 Å². The average Bonchev–Trinajstić information content (AvgIpc) is 2.82. The zero-order valence-electron chi connectivity index (χ0n) is 18.4. The third kappa shape index (κ3) is 4.47. The van der Waals surface area contributed by atoms with E-state index in [-0.39, 0.29) is 29.3 Å². The van der Waals surface area contributed by atoms with Crippen LogP contribution in [-0.2, 0) is 19.1 Å². The molecule has 0 amide bonds. The average molecular weight is 590 g/mol. The number of hydrogen-bond donors (Lipinski definition) is 0. The molecule has 0 spiro atoms. The maximum absolute atomic E-state index is 12.4. The maximum atomic E-state index is 12.4. The summed E-state index contributed by atoms with van der Waals surface area (Å²) in [6.07, 6.45) is -1.04. The SMILES string of the molecule is CC1=C(C)C(=O)C(COC(=O)OCOc2c(Br)cc(Br)c3nc4ccccc4nc23)=C(C)C1=O. The van der Waals surface area contributed by atoms with Crippen molar-refractivity contribution in [1.29, 1.82) is 0 Å². The molecule has 4 rings (SSSR count). The first kappa shape index (κ1) is 24.0. The van der Waals surface area contributed by atoms with Crippen LogP contribution in [0.4, 0.5) is 4.79 Å². The number of benzene rings is 2. The number of para-hydroxylation sites is 2. The number of allylic oxidation sites excluding steroid dienone is 3. The normalized spacial score (nSPS) is 14.3. The largest absolute Gasteiger partial charge is 0.511 e. The fourth-order valence-corrected chi connectivity index (χ4v) is 4.80. The minimum atomic E-state index is -1.04. The standard InChI is InChI=1S/C24H18Br2N2O6/c1-11-12(2)22(30)14(13(3)21(11)29)9-32-24(31)34-10-33-23-16(26)8-15(25)19-20(23)28-18-7-5-4-6-17(18)27-19/h4-8H,9-10H2,1-3H3. The molecule has 8 nitrogen and oxygen atoms in total. The lowest BCUT2D eigenvalue weighted by Gasteiger charge is -2.18. The Kier molecular flexibility index (Phi) is 6.81. The van der Waals surface area contributed by atoms with Gasteiger partial charge in [-0.1, -0.05) is 12.1 Å². The summed E-state index contributed by atoms with van der Waals surface area (Å²) >= 11 is 6.92. The van der Waals surface area contributed by atoms with Gasteiger partial charge in [-0.15, -0.1) is 0 Å². The molecule has 2 aromatic carbocycles. The van der Waals surface area contributed by atoms with Gasteiger partial charge in [-0.3, -0.25) is 9.59 Å². The zero-order valence-corrected chi connectivity index (χ0v) is 21.6. The second kappa shape index (κ2) is 9.63. The Morgan fingerprint density at radius 1 is 0.853 bits per heavy atom. The summed E-state index contributed by atoms with van der Waals surface area (Å²) in [5, 5.41) is 0. The van der Waals surface area contributed by atoms with Gasteiger partial charge < -0.3 is 14.2 Å². The van der Waals surface area contributed by atoms with Gasteiger partial charge in [0.15, 0.2) is 17.3 Å². The Hall–Kier alpha value is -3.11. The highest BCUT2D eigenvalue weighted by Gasteiger charge is 2.28. The summed E-state index contributed by atoms with van der Waals surface area (Å²) < 4.78 is 17.0. The summed E-state index contributed by atoms with van der Waals surface area (Å²) in [5.41, 5.74) is 3.59. The number of nitrogens with zero attached hydrogens (tertiary/aromatic N) is 2. The van der Waals surface area contributed by atoms with Crippen molar-refractivity contribution in [3.05, 3.63) is 61.6 Å². The van der Waals surface area contributed by atoms with Gasteiger partial charge in [0, 0.05) is 26.8 Å². The number of fused-ring (bicyclic) bond motifs is 2. The minimum absolute atomic E-state index is 0.134. The number of aromatic nitrogens is 2. The first-order valence-corrected chi connectivity index (χ1v) is 11.7. The zero-order chi connectivity index (χ0) is 24.6. The van der Waals surface area contributed by atoms with Crippen LogP contribution in [0.5, 0.6) is 5.75 Å². The van der Waals surface area contributed by atoms with E-state index in [4.69, 9.17) is 14.2 Å². The predicted molar refractivity (Wildman–Crippen MR) is 131 cm³/mol. The molecule has 3 aromatic rings. The molecule has 0 fully saturated rings. The number of ether oxygens (including phenoxy) is 3. The quantitative estimate of drug-likeness (QED) is 0.164. The minimum Gasteiger partial charge on any atom is -0.454 e. The van der Waals surface area contributed by atoms with Crippen LogP contribution in [0, 0.1) is 0 Å². The fraction of sp³-hybridized carbons (Fsp3) is 0.208. The van der Waals surface area contributed by atoms with Crippen molar-refractivity contribution in [2.45, 2.75) is 20.8 Å². The summed E-state index contributed by atoms with van der Waals surface area (Å²) in [5.74, 6) is -0.227. The van der Waals surface area contributed by atoms with Crippen molar-refractivity contribution in [3.8, 4) is 5.75 Å². The van der Waals surface area contributed by atoms with E-state index >= 15 is 0 Å². The van der Waals surface area contributed by atoms with E-state index in [0.29, 0.717) is 37.9 Å². The van der Waals surface area contributed by atoms with Crippen LogP contribution >= 0.6 is 31.9 Å². The van der Waals surface area contributed by atoms with Crippen molar-refractivity contribution in [2.75, 3.05) is 13.4 Å². The number of halogens is 2. The molecule has 0 saturated heterocycles. The number of ketones is 2. The van der Waals surface area contributed by atoms with E-state index in [9.17, 15) is 14.4 Å². The molecule has 0 radical (unpaired) electrons. The second-order valence-electron chi connectivity index (χ2n) is 7.54. The molecule has 0 bridgehead atoms. The third-order valence-electron chi connectivity index (χ3n) is 5.51. The van der Waals surface area contributed by atoms with Crippen LogP contribution in [0.3, 0.4) is 0 Å². The Morgan fingerprint density at radius 2 is 1.47 bits per heavy atom. The molecule has 1 heterocycles. The lowest BCUT2D eigenvalue weighted by molar-refractivity contribution is -0.116. The molecular weight excluding hydrogens is 572 g/mol. The first-order chi connectivity index (χ1) is 16.2. The van der Waals surface area contributed by atoms with E-state index in [1.54, 1.807) is 19.9 Å². The highest BCUT2D eigenvalue weighted by atomic mass is 79.9. The van der Waals surface area contributed by atoms with Crippen LogP contribution in [0.15, 0.2) is 61.6 Å². The van der Waals surface area contributed by atoms with E-state index in [2.05, 4.69) is 41.8 Å². The molecule has 0 aliphatic heterocycles. The van der Waals surface area contributed by atoms with Crippen molar-refractivity contribution in [2.24, 2.45) is 0 Å². The van der Waals surface area contributed by atoms with Crippen LogP contribution in [-0.4, -0.2) is 41.1 Å². The van der Waals surface area contributed by atoms with Crippen molar-refractivity contribution in [1.82, 2.24) is 9.97 Å². The number of Topliss-reactive ketones (excluding diaryl/α,β-unsaturated/α-hetero) is 2. The van der Waals surface area contributed by atoms with Gasteiger partial charge in [0.1, 0.15) is 17.6 Å². The van der Waals surface area contributed by atoms with Crippen LogP contribution in [0.25, 0.3) is 22.1 Å². The third-order valence-corrected chi connectivity index (χ3v) is 6.70. The molecule has 34 heavy (non-hydrogen) atoms. The Balaban J connectivity index is 1.45. The molecular formula is C24H18Br2N2O6. The maximum Gasteiger partial charge on any atom is 0.511 e. The van der Waals surface area contributed by atoms with Gasteiger partial charge in [-0.2, -0.15) is 0 Å². The van der Waals surface area contributed by atoms with Crippen molar-refractivity contribution in [3.63, 3.8) is 0 Å². The lowest BCUT2D eigenvalue weighted by Crippen LogP contribution is -2.24. The van der Waals surface area contributed by atoms with Gasteiger partial charge in [-0.05, 0) is 70.8 Å². The van der Waals surface area contributed by atoms with Crippen LogP contribution < -0.4 is 4.74 Å². The Bertz CT molecular complexity index is 1440. The first-order valence-electron chi connectivity index (χ1n) is 10.1. The summed E-state index contributed by atoms with van der Waals surface area (Å²) in [6, 6.07) is 9.19. The van der Waals surface area contributed by atoms with E-state index in [0.717, 1.165) is 9.99 Å². The molecule has 1 aliphatic rings. The Morgan fingerprint density at radius 3 is 2.15 bits per heavy atom. The number of hydrogen-bond acceptors (Lipinski definition) is 8. The number of rotatable bonds is 5. The summed E-state index contributed by atoms with van der Waals surface area (Å²) in [4.78, 5) is 46.0. The summed E-state index contributed by atoms with van der Waals surface area (Å²) in [6.45, 7) is 3.86.